The van der Waals surface area contributed by atoms with E-state index >= 15 is 0 Å². The maximum absolute atomic E-state index is 12.7. The number of nitrogens with two attached hydrogens (primary N) is 2. The predicted octanol–water partition coefficient (Wildman–Crippen LogP) is 5.46. The van der Waals surface area contributed by atoms with Gasteiger partial charge in [-0.1, -0.05) is 97.3 Å². The van der Waals surface area contributed by atoms with Crippen LogP contribution in [-0.4, -0.2) is 25.1 Å². The van der Waals surface area contributed by atoms with Gasteiger partial charge in [0.2, 0.25) is 5.54 Å². The molecule has 1 fully saturated rings. The third-order valence-corrected chi connectivity index (χ3v) is 9.23. The van der Waals surface area contributed by atoms with Gasteiger partial charge in [0.1, 0.15) is 8.64 Å². The molecule has 31 heavy (non-hydrogen) atoms. The highest BCUT2D eigenvalue weighted by Gasteiger charge is 2.56. The van der Waals surface area contributed by atoms with Crippen LogP contribution < -0.4 is 11.5 Å². The van der Waals surface area contributed by atoms with Crippen LogP contribution in [0.5, 0.6) is 0 Å². The van der Waals surface area contributed by atoms with E-state index in [9.17, 15) is 10.1 Å². The molecule has 9 heteroatoms. The van der Waals surface area contributed by atoms with Gasteiger partial charge in [-0.2, -0.15) is 0 Å². The molecule has 1 saturated carbocycles. The van der Waals surface area contributed by atoms with Crippen LogP contribution in [-0.2, 0) is 5.54 Å². The summed E-state index contributed by atoms with van der Waals surface area (Å²) < 4.78 is 0.769. The summed E-state index contributed by atoms with van der Waals surface area (Å²) in [7, 11) is 0. The van der Waals surface area contributed by atoms with E-state index in [0.29, 0.717) is 27.2 Å². The zero-order valence-electron chi connectivity index (χ0n) is 17.4. The van der Waals surface area contributed by atoms with Crippen molar-refractivity contribution in [3.05, 3.63) is 58.1 Å². The molecule has 0 heterocycles. The zero-order chi connectivity index (χ0) is 22.6. The van der Waals surface area contributed by atoms with Gasteiger partial charge < -0.3 is 11.5 Å². The second-order valence-electron chi connectivity index (χ2n) is 8.35. The molecule has 5 nitrogen and oxygen atoms in total. The summed E-state index contributed by atoms with van der Waals surface area (Å²) in [5.74, 6) is 1.54. The first-order valence-corrected chi connectivity index (χ1v) is 13.0. The second kappa shape index (κ2) is 10.0. The standard InChI is InChI=1S/C22H27N3O2S4/c1-15(12-30-19(23)28)21(14-31-20(24)29)10-5-11-22(13-21,25(26)27)18-9-4-7-16-6-2-3-8-17(16)18/h2-4,6-9,15H,5,10-14H2,1H3,(H2,23,28)(H2,24,29). The summed E-state index contributed by atoms with van der Waals surface area (Å²) in [6.07, 6.45) is 2.62. The SMILES string of the molecule is CC(CSC(N)=S)C1(CSC(N)=S)CCCC(c2cccc3ccccc23)([N+](=O)[O-])C1. The van der Waals surface area contributed by atoms with Gasteiger partial charge in [0.05, 0.1) is 0 Å². The Hall–Kier alpha value is -1.42. The summed E-state index contributed by atoms with van der Waals surface area (Å²) >= 11 is 13.1. The number of hydrogen-bond donors (Lipinski definition) is 2. The van der Waals surface area contributed by atoms with Crippen LogP contribution in [0.15, 0.2) is 42.5 Å². The topological polar surface area (TPSA) is 95.2 Å². The number of benzene rings is 2. The van der Waals surface area contributed by atoms with E-state index in [2.05, 4.69) is 6.92 Å². The minimum atomic E-state index is -1.15. The lowest BCUT2D eigenvalue weighted by molar-refractivity contribution is -0.588. The Labute approximate surface area is 202 Å². The fourth-order valence-corrected chi connectivity index (χ4v) is 7.00. The van der Waals surface area contributed by atoms with E-state index < -0.39 is 5.54 Å². The number of nitro groups is 1. The molecule has 3 rings (SSSR count). The largest absolute Gasteiger partial charge is 0.385 e. The number of rotatable bonds is 7. The Balaban J connectivity index is 2.09. The molecule has 0 saturated heterocycles. The highest BCUT2D eigenvalue weighted by atomic mass is 32.2. The first-order chi connectivity index (χ1) is 14.7. The Bertz CT molecular complexity index is 996. The van der Waals surface area contributed by atoms with E-state index in [1.165, 1.54) is 23.5 Å². The third-order valence-electron chi connectivity index (χ3n) is 6.57. The number of fused-ring (bicyclic) bond motifs is 1. The van der Waals surface area contributed by atoms with Gasteiger partial charge in [-0.3, -0.25) is 10.1 Å². The van der Waals surface area contributed by atoms with E-state index in [4.69, 9.17) is 35.9 Å². The molecular formula is C22H27N3O2S4. The van der Waals surface area contributed by atoms with E-state index in [1.807, 2.05) is 42.5 Å². The van der Waals surface area contributed by atoms with Crippen LogP contribution in [0.4, 0.5) is 0 Å². The summed E-state index contributed by atoms with van der Waals surface area (Å²) in [4.78, 5) is 12.7. The van der Waals surface area contributed by atoms with Crippen molar-refractivity contribution in [2.24, 2.45) is 22.8 Å². The minimum absolute atomic E-state index is 0.0540. The molecule has 0 amide bonds. The van der Waals surface area contributed by atoms with Crippen molar-refractivity contribution < 1.29 is 4.92 Å². The second-order valence-corrected chi connectivity index (χ2v) is 11.8. The minimum Gasteiger partial charge on any atom is -0.385 e. The molecule has 0 spiro atoms. The quantitative estimate of drug-likeness (QED) is 0.298. The fraction of sp³-hybridized carbons (Fsp3) is 0.455. The molecule has 4 N–H and O–H groups in total. The smallest absolute Gasteiger partial charge is 0.248 e. The van der Waals surface area contributed by atoms with Crippen molar-refractivity contribution >= 4 is 67.4 Å². The maximum Gasteiger partial charge on any atom is 0.248 e. The van der Waals surface area contributed by atoms with Gasteiger partial charge in [0, 0.05) is 34.8 Å². The molecule has 166 valence electrons. The van der Waals surface area contributed by atoms with Crippen LogP contribution in [0.2, 0.25) is 0 Å². The normalized spacial score (nSPS) is 24.5. The Morgan fingerprint density at radius 1 is 1.13 bits per heavy atom. The molecule has 0 aromatic heterocycles. The van der Waals surface area contributed by atoms with Crippen molar-refractivity contribution in [3.8, 4) is 0 Å². The van der Waals surface area contributed by atoms with Crippen molar-refractivity contribution in [2.45, 2.75) is 38.1 Å². The molecule has 2 aromatic rings. The number of thiocarbonyl (C=S) groups is 2. The third kappa shape index (κ3) is 5.16. The predicted molar refractivity (Wildman–Crippen MR) is 141 cm³/mol. The molecule has 1 aliphatic carbocycles. The molecule has 3 unspecified atom stereocenters. The first kappa shape index (κ1) is 24.2. The van der Waals surface area contributed by atoms with E-state index in [-0.39, 0.29) is 16.3 Å². The van der Waals surface area contributed by atoms with Crippen molar-refractivity contribution in [3.63, 3.8) is 0 Å². The monoisotopic (exact) mass is 493 g/mol. The van der Waals surface area contributed by atoms with Crippen molar-refractivity contribution in [2.75, 3.05) is 11.5 Å². The number of hydrogen-bond acceptors (Lipinski definition) is 6. The van der Waals surface area contributed by atoms with E-state index in [1.54, 1.807) is 0 Å². The summed E-state index contributed by atoms with van der Waals surface area (Å²) in [6.45, 7) is 2.14. The fourth-order valence-electron chi connectivity index (χ4n) is 4.89. The highest BCUT2D eigenvalue weighted by Crippen LogP contribution is 2.54. The van der Waals surface area contributed by atoms with Crippen LogP contribution in [0.3, 0.4) is 0 Å². The van der Waals surface area contributed by atoms with Gasteiger partial charge in [-0.25, -0.2) is 0 Å². The lowest BCUT2D eigenvalue weighted by atomic mass is 9.60. The lowest BCUT2D eigenvalue weighted by Gasteiger charge is -2.47. The summed E-state index contributed by atoms with van der Waals surface area (Å²) in [5.41, 5.74) is 10.9. The molecule has 2 aromatic carbocycles. The van der Waals surface area contributed by atoms with E-state index in [0.717, 1.165) is 34.9 Å². The summed E-state index contributed by atoms with van der Waals surface area (Å²) in [6, 6.07) is 13.8. The van der Waals surface area contributed by atoms with Gasteiger partial charge in [-0.05, 0) is 34.9 Å². The van der Waals surface area contributed by atoms with Gasteiger partial charge in [-0.15, -0.1) is 0 Å². The van der Waals surface area contributed by atoms with Crippen LogP contribution in [0.25, 0.3) is 10.8 Å². The van der Waals surface area contributed by atoms with Gasteiger partial charge in [0.25, 0.3) is 0 Å². The molecule has 1 aliphatic rings. The highest BCUT2D eigenvalue weighted by molar-refractivity contribution is 8.23. The molecule has 0 bridgehead atoms. The van der Waals surface area contributed by atoms with Crippen LogP contribution in [0.1, 0.15) is 38.2 Å². The molecule has 0 radical (unpaired) electrons. The zero-order valence-corrected chi connectivity index (χ0v) is 20.7. The number of thioether (sulfide) groups is 2. The van der Waals surface area contributed by atoms with Crippen molar-refractivity contribution in [1.29, 1.82) is 0 Å². The van der Waals surface area contributed by atoms with Gasteiger partial charge >= 0.3 is 0 Å². The lowest BCUT2D eigenvalue weighted by Crippen LogP contribution is -2.49. The van der Waals surface area contributed by atoms with Crippen LogP contribution in [0, 0.1) is 21.4 Å². The molecular weight excluding hydrogens is 467 g/mol. The number of nitrogens with zero attached hydrogens (tertiary/aromatic N) is 1. The molecule has 0 aliphatic heterocycles. The summed E-state index contributed by atoms with van der Waals surface area (Å²) in [5, 5.41) is 14.7. The first-order valence-electron chi connectivity index (χ1n) is 10.2. The molecule has 3 atom stereocenters. The average molecular weight is 494 g/mol. The van der Waals surface area contributed by atoms with Gasteiger partial charge in [0.15, 0.2) is 0 Å². The Kier molecular flexibility index (Phi) is 7.83. The Morgan fingerprint density at radius 2 is 1.81 bits per heavy atom. The average Bonchev–Trinajstić information content (AvgIpc) is 2.75. The Morgan fingerprint density at radius 3 is 2.48 bits per heavy atom. The maximum atomic E-state index is 12.7. The van der Waals surface area contributed by atoms with Crippen molar-refractivity contribution in [1.82, 2.24) is 0 Å². The van der Waals surface area contributed by atoms with Crippen LogP contribution >= 0.6 is 48.0 Å².